The van der Waals surface area contributed by atoms with Gasteiger partial charge in [0.25, 0.3) is 0 Å². The molecule has 2 aliphatic rings. The number of likely N-dealkylation sites (tertiary alicyclic amines) is 1. The Labute approximate surface area is 219 Å². The van der Waals surface area contributed by atoms with Crippen LogP contribution in [0.3, 0.4) is 0 Å². The Morgan fingerprint density at radius 3 is 2.55 bits per heavy atom. The summed E-state index contributed by atoms with van der Waals surface area (Å²) in [4.78, 5) is 62.1. The normalized spacial score (nSPS) is 22.1. The van der Waals surface area contributed by atoms with Crippen molar-refractivity contribution in [3.63, 3.8) is 0 Å². The highest BCUT2D eigenvalue weighted by atomic mass is 16.6. The van der Waals surface area contributed by atoms with E-state index in [4.69, 9.17) is 9.47 Å². The minimum atomic E-state index is -1.09. The molecule has 12 nitrogen and oxygen atoms in total. The third kappa shape index (κ3) is 5.74. The summed E-state index contributed by atoms with van der Waals surface area (Å²) >= 11 is 0. The molecule has 38 heavy (non-hydrogen) atoms. The average Bonchev–Trinajstić information content (AvgIpc) is 3.36. The second-order valence-corrected chi connectivity index (χ2v) is 10.8. The lowest BCUT2D eigenvalue weighted by Crippen LogP contribution is -2.44. The van der Waals surface area contributed by atoms with Crippen LogP contribution in [0.1, 0.15) is 58.1 Å². The molecule has 2 aromatic rings. The van der Waals surface area contributed by atoms with Gasteiger partial charge in [0.1, 0.15) is 17.7 Å². The van der Waals surface area contributed by atoms with E-state index in [0.717, 1.165) is 5.56 Å². The molecule has 206 valence electrons. The lowest BCUT2D eigenvalue weighted by molar-refractivity contribution is -0.142. The van der Waals surface area contributed by atoms with E-state index in [1.807, 2.05) is 18.2 Å². The Morgan fingerprint density at radius 2 is 1.89 bits per heavy atom. The zero-order valence-corrected chi connectivity index (χ0v) is 22.1. The first-order chi connectivity index (χ1) is 17.9. The van der Waals surface area contributed by atoms with E-state index < -0.39 is 41.8 Å². The second kappa shape index (κ2) is 10.6. The van der Waals surface area contributed by atoms with E-state index in [9.17, 15) is 29.1 Å². The number of benzene rings is 1. The molecule has 1 unspecified atom stereocenters. The van der Waals surface area contributed by atoms with Gasteiger partial charge in [0, 0.05) is 26.5 Å². The fraction of sp³-hybridized carbons (Fsp3) is 0.577. The lowest BCUT2D eigenvalue weighted by atomic mass is 10.1. The number of hydrogen-bond donors (Lipinski definition) is 2. The molecule has 2 fully saturated rings. The van der Waals surface area contributed by atoms with Crippen LogP contribution in [-0.2, 0) is 37.3 Å². The van der Waals surface area contributed by atoms with E-state index in [-0.39, 0.29) is 37.4 Å². The number of carbonyl (C=O) groups is 4. The number of aromatic nitrogens is 2. The number of hydrogen-bond acceptors (Lipinski definition) is 7. The van der Waals surface area contributed by atoms with Crippen LogP contribution in [0.5, 0.6) is 0 Å². The number of nitrogens with zero attached hydrogens (tertiary/aromatic N) is 3. The van der Waals surface area contributed by atoms with Crippen molar-refractivity contribution in [2.75, 3.05) is 13.2 Å². The van der Waals surface area contributed by atoms with Crippen LogP contribution >= 0.6 is 0 Å². The number of rotatable bonds is 7. The molecule has 1 aromatic carbocycles. The Bertz CT molecular complexity index is 1320. The van der Waals surface area contributed by atoms with Crippen molar-refractivity contribution < 1.29 is 33.8 Å². The highest BCUT2D eigenvalue weighted by Crippen LogP contribution is 2.25. The summed E-state index contributed by atoms with van der Waals surface area (Å²) in [6, 6.07) is 3.88. The van der Waals surface area contributed by atoms with E-state index in [2.05, 4.69) is 5.32 Å². The molecule has 0 aliphatic carbocycles. The zero-order chi connectivity index (χ0) is 27.8. The number of carboxylic acids is 1. The summed E-state index contributed by atoms with van der Waals surface area (Å²) in [6.45, 7) is 5.69. The predicted octanol–water partition coefficient (Wildman–Crippen LogP) is 1.73. The number of aryl methyl sites for hydroxylation is 2. The number of aliphatic carboxylic acids is 1. The van der Waals surface area contributed by atoms with Gasteiger partial charge in [0.15, 0.2) is 0 Å². The number of imidazole rings is 1. The summed E-state index contributed by atoms with van der Waals surface area (Å²) in [7, 11) is 1.65. The second-order valence-electron chi connectivity index (χ2n) is 10.8. The monoisotopic (exact) mass is 530 g/mol. The van der Waals surface area contributed by atoms with E-state index in [1.54, 1.807) is 27.8 Å². The van der Waals surface area contributed by atoms with Gasteiger partial charge in [-0.05, 0) is 57.7 Å². The van der Waals surface area contributed by atoms with Crippen LogP contribution < -0.4 is 11.0 Å². The molecule has 3 heterocycles. The van der Waals surface area contributed by atoms with Crippen LogP contribution in [0, 0.1) is 0 Å². The van der Waals surface area contributed by atoms with Crippen LogP contribution in [0.15, 0.2) is 23.0 Å². The van der Waals surface area contributed by atoms with Crippen molar-refractivity contribution in [2.45, 2.75) is 76.7 Å². The molecule has 2 N–H and O–H groups in total. The molecule has 1 aromatic heterocycles. The molecule has 0 saturated carbocycles. The third-order valence-corrected chi connectivity index (χ3v) is 6.81. The summed E-state index contributed by atoms with van der Waals surface area (Å²) < 4.78 is 14.2. The van der Waals surface area contributed by atoms with Crippen LogP contribution in [-0.4, -0.2) is 73.9 Å². The number of piperidine rings is 1. The number of carboxylic acid groups (broad SMARTS) is 1. The first-order valence-electron chi connectivity index (χ1n) is 12.7. The van der Waals surface area contributed by atoms with Gasteiger partial charge in [-0.2, -0.15) is 0 Å². The highest BCUT2D eigenvalue weighted by molar-refractivity contribution is 6.00. The molecule has 12 heteroatoms. The molecule has 0 bridgehead atoms. The topological polar surface area (TPSA) is 149 Å². The van der Waals surface area contributed by atoms with E-state index in [1.165, 1.54) is 14.0 Å². The van der Waals surface area contributed by atoms with Crippen molar-refractivity contribution >= 4 is 34.9 Å². The van der Waals surface area contributed by atoms with Gasteiger partial charge in [-0.25, -0.2) is 14.4 Å². The molecule has 3 amide bonds. The first kappa shape index (κ1) is 27.4. The third-order valence-electron chi connectivity index (χ3n) is 6.81. The Morgan fingerprint density at radius 1 is 1.16 bits per heavy atom. The van der Waals surface area contributed by atoms with Gasteiger partial charge in [-0.1, -0.05) is 6.07 Å². The van der Waals surface area contributed by atoms with Gasteiger partial charge in [-0.15, -0.1) is 0 Å². The molecule has 3 atom stereocenters. The fourth-order valence-electron chi connectivity index (χ4n) is 5.00. The van der Waals surface area contributed by atoms with E-state index in [0.29, 0.717) is 30.5 Å². The van der Waals surface area contributed by atoms with Gasteiger partial charge in [0.2, 0.25) is 11.8 Å². The quantitative estimate of drug-likeness (QED) is 0.406. The van der Waals surface area contributed by atoms with Gasteiger partial charge in [-0.3, -0.25) is 28.9 Å². The molecular weight excluding hydrogens is 496 g/mol. The predicted molar refractivity (Wildman–Crippen MR) is 136 cm³/mol. The number of imide groups is 1. The molecule has 0 spiro atoms. The molecule has 0 radical (unpaired) electrons. The SMILES string of the molecule is Cn1c(=O)n(C2CCC(=O)NC2=O)c2ccc(CCCO[C@@H]3C[C@H](C(=O)O)N(C(=O)OC(C)(C)C)C3)cc21. The van der Waals surface area contributed by atoms with Crippen molar-refractivity contribution in [2.24, 2.45) is 7.05 Å². The minimum Gasteiger partial charge on any atom is -0.480 e. The summed E-state index contributed by atoms with van der Waals surface area (Å²) in [6.07, 6.45) is 0.871. The summed E-state index contributed by atoms with van der Waals surface area (Å²) in [5.74, 6) is -1.90. The number of carbonyl (C=O) groups excluding carboxylic acids is 3. The van der Waals surface area contributed by atoms with Crippen LogP contribution in [0.2, 0.25) is 0 Å². The highest BCUT2D eigenvalue weighted by Gasteiger charge is 2.42. The number of fused-ring (bicyclic) bond motifs is 1. The maximum atomic E-state index is 12.9. The number of nitrogens with one attached hydrogen (secondary N) is 1. The Hall–Kier alpha value is -3.67. The van der Waals surface area contributed by atoms with Crippen molar-refractivity contribution in [3.05, 3.63) is 34.2 Å². The van der Waals surface area contributed by atoms with Crippen molar-refractivity contribution in [3.8, 4) is 0 Å². The van der Waals surface area contributed by atoms with Crippen LogP contribution in [0.4, 0.5) is 4.79 Å². The largest absolute Gasteiger partial charge is 0.480 e. The molecule has 4 rings (SSSR count). The molecule has 2 aliphatic heterocycles. The smallest absolute Gasteiger partial charge is 0.411 e. The van der Waals surface area contributed by atoms with Crippen LogP contribution in [0.25, 0.3) is 11.0 Å². The Balaban J connectivity index is 1.36. The first-order valence-corrected chi connectivity index (χ1v) is 12.7. The summed E-state index contributed by atoms with van der Waals surface area (Å²) in [5.41, 5.74) is 1.24. The lowest BCUT2D eigenvalue weighted by Gasteiger charge is -2.26. The van der Waals surface area contributed by atoms with Crippen molar-refractivity contribution in [1.82, 2.24) is 19.4 Å². The fourth-order valence-corrected chi connectivity index (χ4v) is 5.00. The number of ether oxygens (including phenoxy) is 2. The van der Waals surface area contributed by atoms with Gasteiger partial charge >= 0.3 is 17.8 Å². The summed E-state index contributed by atoms with van der Waals surface area (Å²) in [5, 5.41) is 11.8. The van der Waals surface area contributed by atoms with Gasteiger partial charge in [0.05, 0.1) is 23.7 Å². The van der Waals surface area contributed by atoms with Gasteiger partial charge < -0.3 is 14.6 Å². The standard InChI is InChI=1S/C26H34N4O8/c1-26(2,3)38-25(36)29-14-16(13-20(29)23(33)34)37-11-5-6-15-7-8-17-19(12-15)28(4)24(35)30(17)18-9-10-21(31)27-22(18)32/h7-8,12,16,18,20H,5-6,9-11,13-14H2,1-4H3,(H,33,34)(H,27,31,32)/t16-,18?,20-/m1/s1. The Kier molecular flexibility index (Phi) is 7.63. The van der Waals surface area contributed by atoms with Crippen molar-refractivity contribution in [1.29, 1.82) is 0 Å². The zero-order valence-electron chi connectivity index (χ0n) is 22.1. The number of amides is 3. The molecular formula is C26H34N4O8. The average molecular weight is 531 g/mol. The minimum absolute atomic E-state index is 0.147. The maximum Gasteiger partial charge on any atom is 0.411 e. The maximum absolute atomic E-state index is 12.9. The van der Waals surface area contributed by atoms with E-state index >= 15 is 0 Å². The molecule has 2 saturated heterocycles.